The maximum atomic E-state index is 10.6. The third-order valence-electron chi connectivity index (χ3n) is 2.53. The fraction of sp³-hybridized carbons (Fsp3) is 0.455. The van der Waals surface area contributed by atoms with Gasteiger partial charge in [0.1, 0.15) is 23.6 Å². The summed E-state index contributed by atoms with van der Waals surface area (Å²) < 4.78 is 0. The third-order valence-corrected chi connectivity index (χ3v) is 2.53. The molecule has 0 fully saturated rings. The second-order valence-electron chi connectivity index (χ2n) is 3.78. The van der Waals surface area contributed by atoms with Crippen LogP contribution in [0, 0.1) is 21.4 Å². The predicted octanol–water partition coefficient (Wildman–Crippen LogP) is 1.23. The van der Waals surface area contributed by atoms with Crippen molar-refractivity contribution in [1.82, 2.24) is 9.88 Å². The Morgan fingerprint density at radius 3 is 2.94 bits per heavy atom. The third kappa shape index (κ3) is 3.68. The highest BCUT2D eigenvalue weighted by molar-refractivity contribution is 5.55. The summed E-state index contributed by atoms with van der Waals surface area (Å²) in [6.07, 6.45) is 1.15. The minimum Gasteiger partial charge on any atom is -0.368 e. The first-order valence-electron chi connectivity index (χ1n) is 5.55. The van der Waals surface area contributed by atoms with Crippen LogP contribution in [0.25, 0.3) is 0 Å². The molecule has 18 heavy (non-hydrogen) atoms. The van der Waals surface area contributed by atoms with Crippen LogP contribution in [0.2, 0.25) is 0 Å². The SMILES string of the molecule is CCN(C)CCNc1ncc([N+](=O)[O-])cc1C#N. The quantitative estimate of drug-likeness (QED) is 0.601. The zero-order chi connectivity index (χ0) is 13.5. The van der Waals surface area contributed by atoms with Gasteiger partial charge in [-0.3, -0.25) is 10.1 Å². The minimum atomic E-state index is -0.567. The van der Waals surface area contributed by atoms with Gasteiger partial charge in [-0.1, -0.05) is 6.92 Å². The van der Waals surface area contributed by atoms with Crippen molar-refractivity contribution in [3.63, 3.8) is 0 Å². The molecule has 96 valence electrons. The number of nitriles is 1. The van der Waals surface area contributed by atoms with E-state index in [1.807, 2.05) is 20.0 Å². The number of aromatic nitrogens is 1. The highest BCUT2D eigenvalue weighted by Gasteiger charge is 2.11. The Hall–Kier alpha value is -2.20. The molecule has 1 heterocycles. The molecule has 0 bridgehead atoms. The van der Waals surface area contributed by atoms with Crippen molar-refractivity contribution in [2.24, 2.45) is 0 Å². The minimum absolute atomic E-state index is 0.178. The standard InChI is InChI=1S/C11H15N5O2/c1-3-15(2)5-4-13-11-9(7-12)6-10(8-14-11)16(17)18/h6,8H,3-5H2,1-2H3,(H,13,14). The van der Waals surface area contributed by atoms with Crippen LogP contribution in [-0.2, 0) is 0 Å². The van der Waals surface area contributed by atoms with Crippen LogP contribution in [0.1, 0.15) is 12.5 Å². The highest BCUT2D eigenvalue weighted by atomic mass is 16.6. The fourth-order valence-corrected chi connectivity index (χ4v) is 1.30. The molecule has 0 aliphatic heterocycles. The zero-order valence-corrected chi connectivity index (χ0v) is 10.4. The van der Waals surface area contributed by atoms with Gasteiger partial charge in [0.25, 0.3) is 5.69 Å². The highest BCUT2D eigenvalue weighted by Crippen LogP contribution is 2.17. The Morgan fingerprint density at radius 2 is 2.39 bits per heavy atom. The number of pyridine rings is 1. The van der Waals surface area contributed by atoms with Crippen LogP contribution >= 0.6 is 0 Å². The molecular weight excluding hydrogens is 234 g/mol. The summed E-state index contributed by atoms with van der Waals surface area (Å²) in [7, 11) is 1.98. The number of rotatable bonds is 6. The van der Waals surface area contributed by atoms with E-state index in [1.54, 1.807) is 0 Å². The van der Waals surface area contributed by atoms with Gasteiger partial charge in [0.05, 0.1) is 4.92 Å². The average Bonchev–Trinajstić information content (AvgIpc) is 2.38. The van der Waals surface area contributed by atoms with E-state index in [9.17, 15) is 10.1 Å². The molecule has 1 aromatic rings. The van der Waals surface area contributed by atoms with Gasteiger partial charge in [0, 0.05) is 19.2 Å². The topological polar surface area (TPSA) is 95.1 Å². The van der Waals surface area contributed by atoms with Crippen LogP contribution in [0.5, 0.6) is 0 Å². The lowest BCUT2D eigenvalue weighted by atomic mass is 10.2. The first kappa shape index (κ1) is 13.9. The molecule has 0 aliphatic rings. The lowest BCUT2D eigenvalue weighted by Crippen LogP contribution is -2.25. The number of nitro groups is 1. The Labute approximate surface area is 105 Å². The van der Waals surface area contributed by atoms with E-state index in [1.165, 1.54) is 6.07 Å². The van der Waals surface area contributed by atoms with E-state index in [-0.39, 0.29) is 11.3 Å². The van der Waals surface area contributed by atoms with E-state index in [4.69, 9.17) is 5.26 Å². The number of anilines is 1. The van der Waals surface area contributed by atoms with Crippen molar-refractivity contribution in [2.45, 2.75) is 6.92 Å². The Bertz CT molecular complexity index is 469. The van der Waals surface area contributed by atoms with Gasteiger partial charge in [0.15, 0.2) is 0 Å². The largest absolute Gasteiger partial charge is 0.368 e. The van der Waals surface area contributed by atoms with Crippen molar-refractivity contribution in [2.75, 3.05) is 32.0 Å². The Balaban J connectivity index is 2.72. The average molecular weight is 249 g/mol. The molecular formula is C11H15N5O2. The number of hydrogen-bond donors (Lipinski definition) is 1. The monoisotopic (exact) mass is 249 g/mol. The molecule has 0 amide bonds. The molecule has 1 aromatic heterocycles. The summed E-state index contributed by atoms with van der Waals surface area (Å²) in [5, 5.41) is 22.5. The smallest absolute Gasteiger partial charge is 0.289 e. The molecule has 1 N–H and O–H groups in total. The molecule has 1 rings (SSSR count). The van der Waals surface area contributed by atoms with Gasteiger partial charge in [-0.2, -0.15) is 5.26 Å². The van der Waals surface area contributed by atoms with Crippen LogP contribution in [0.4, 0.5) is 11.5 Å². The van der Waals surface area contributed by atoms with Gasteiger partial charge in [-0.05, 0) is 13.6 Å². The summed E-state index contributed by atoms with van der Waals surface area (Å²) in [5.41, 5.74) is 0.00567. The van der Waals surface area contributed by atoms with E-state index < -0.39 is 4.92 Å². The fourth-order valence-electron chi connectivity index (χ4n) is 1.30. The van der Waals surface area contributed by atoms with Crippen molar-refractivity contribution in [3.05, 3.63) is 27.9 Å². The molecule has 7 heteroatoms. The van der Waals surface area contributed by atoms with Crippen molar-refractivity contribution in [3.8, 4) is 6.07 Å². The maximum absolute atomic E-state index is 10.6. The first-order valence-corrected chi connectivity index (χ1v) is 5.55. The predicted molar refractivity (Wildman–Crippen MR) is 67.3 cm³/mol. The normalized spacial score (nSPS) is 10.1. The molecule has 0 aromatic carbocycles. The molecule has 0 spiro atoms. The lowest BCUT2D eigenvalue weighted by molar-refractivity contribution is -0.385. The van der Waals surface area contributed by atoms with Crippen molar-refractivity contribution >= 4 is 11.5 Å². The molecule has 0 aliphatic carbocycles. The summed E-state index contributed by atoms with van der Waals surface area (Å²) in [5.74, 6) is 0.382. The van der Waals surface area contributed by atoms with Crippen LogP contribution in [0.3, 0.4) is 0 Å². The van der Waals surface area contributed by atoms with Gasteiger partial charge in [0.2, 0.25) is 0 Å². The van der Waals surface area contributed by atoms with Crippen LogP contribution in [0.15, 0.2) is 12.3 Å². The lowest BCUT2D eigenvalue weighted by Gasteiger charge is -2.14. The van der Waals surface area contributed by atoms with Crippen molar-refractivity contribution in [1.29, 1.82) is 5.26 Å². The summed E-state index contributed by atoms with van der Waals surface area (Å²) in [4.78, 5) is 16.0. The number of hydrogen-bond acceptors (Lipinski definition) is 6. The van der Waals surface area contributed by atoms with E-state index in [2.05, 4.69) is 15.2 Å². The second-order valence-corrected chi connectivity index (χ2v) is 3.78. The molecule has 0 saturated carbocycles. The summed E-state index contributed by atoms with van der Waals surface area (Å²) in [6.45, 7) is 4.41. The maximum Gasteiger partial charge on any atom is 0.289 e. The van der Waals surface area contributed by atoms with Crippen LogP contribution in [-0.4, -0.2) is 41.5 Å². The number of likely N-dealkylation sites (N-methyl/N-ethyl adjacent to an activating group) is 1. The molecule has 0 saturated heterocycles. The van der Waals surface area contributed by atoms with Crippen LogP contribution < -0.4 is 5.32 Å². The van der Waals surface area contributed by atoms with Gasteiger partial charge < -0.3 is 10.2 Å². The molecule has 0 unspecified atom stereocenters. The van der Waals surface area contributed by atoms with E-state index in [0.29, 0.717) is 12.4 Å². The zero-order valence-electron chi connectivity index (χ0n) is 10.4. The van der Waals surface area contributed by atoms with E-state index >= 15 is 0 Å². The number of nitrogens with zero attached hydrogens (tertiary/aromatic N) is 4. The van der Waals surface area contributed by atoms with Gasteiger partial charge in [-0.25, -0.2) is 4.98 Å². The first-order chi connectivity index (χ1) is 8.58. The summed E-state index contributed by atoms with van der Waals surface area (Å²) >= 11 is 0. The van der Waals surface area contributed by atoms with E-state index in [0.717, 1.165) is 19.3 Å². The van der Waals surface area contributed by atoms with Crippen molar-refractivity contribution < 1.29 is 4.92 Å². The molecule has 7 nitrogen and oxygen atoms in total. The molecule has 0 atom stereocenters. The van der Waals surface area contributed by atoms with Gasteiger partial charge in [-0.15, -0.1) is 0 Å². The Kier molecular flexibility index (Phi) is 5.02. The Morgan fingerprint density at radius 1 is 1.67 bits per heavy atom. The second kappa shape index (κ2) is 6.51. The number of nitrogens with one attached hydrogen (secondary N) is 1. The van der Waals surface area contributed by atoms with Gasteiger partial charge >= 0.3 is 0 Å². The molecule has 0 radical (unpaired) electrons. The summed E-state index contributed by atoms with van der Waals surface area (Å²) in [6, 6.07) is 3.12.